The molecular weight excluding hydrogens is 371 g/mol. The van der Waals surface area contributed by atoms with Crippen LogP contribution in [0.5, 0.6) is 0 Å². The standard InChI is InChI=1S/C19H18F3N5O/c20-19(21,22)16-10-4-9-15(12-16)18-24-26-27(25-18)13-17(28)23-11-5-8-14-6-2-1-3-7-14/h1-4,6-7,9-10,12H,5,8,11,13H2,(H,23,28). The van der Waals surface area contributed by atoms with Crippen LogP contribution in [-0.4, -0.2) is 32.7 Å². The molecule has 0 aliphatic rings. The van der Waals surface area contributed by atoms with Crippen molar-refractivity contribution >= 4 is 5.91 Å². The molecule has 2 aromatic carbocycles. The second kappa shape index (κ2) is 8.64. The molecule has 1 aromatic heterocycles. The highest BCUT2D eigenvalue weighted by atomic mass is 19.4. The number of hydrogen-bond donors (Lipinski definition) is 1. The van der Waals surface area contributed by atoms with Crippen LogP contribution in [-0.2, 0) is 23.9 Å². The molecule has 0 aliphatic carbocycles. The zero-order chi connectivity index (χ0) is 20.0. The number of aromatic nitrogens is 4. The van der Waals surface area contributed by atoms with E-state index in [0.717, 1.165) is 29.8 Å². The smallest absolute Gasteiger partial charge is 0.354 e. The molecule has 146 valence electrons. The molecule has 3 aromatic rings. The van der Waals surface area contributed by atoms with Crippen LogP contribution in [0.15, 0.2) is 54.6 Å². The summed E-state index contributed by atoms with van der Waals surface area (Å²) >= 11 is 0. The Labute approximate surface area is 159 Å². The second-order valence-corrected chi connectivity index (χ2v) is 6.16. The molecule has 3 rings (SSSR count). The van der Waals surface area contributed by atoms with E-state index in [-0.39, 0.29) is 23.8 Å². The van der Waals surface area contributed by atoms with Crippen molar-refractivity contribution in [3.05, 3.63) is 65.7 Å². The van der Waals surface area contributed by atoms with Crippen molar-refractivity contribution in [3.8, 4) is 11.4 Å². The molecule has 0 fully saturated rings. The maximum Gasteiger partial charge on any atom is 0.416 e. The molecule has 0 spiro atoms. The molecule has 28 heavy (non-hydrogen) atoms. The maximum atomic E-state index is 12.8. The van der Waals surface area contributed by atoms with E-state index >= 15 is 0 Å². The van der Waals surface area contributed by atoms with Gasteiger partial charge in [-0.2, -0.15) is 18.0 Å². The molecule has 0 radical (unpaired) electrons. The van der Waals surface area contributed by atoms with Gasteiger partial charge in [0.15, 0.2) is 0 Å². The predicted octanol–water partition coefficient (Wildman–Crippen LogP) is 3.11. The third-order valence-corrected chi connectivity index (χ3v) is 3.99. The largest absolute Gasteiger partial charge is 0.416 e. The Morgan fingerprint density at radius 1 is 1.07 bits per heavy atom. The lowest BCUT2D eigenvalue weighted by molar-refractivity contribution is -0.137. The van der Waals surface area contributed by atoms with Crippen molar-refractivity contribution in [1.82, 2.24) is 25.5 Å². The Kier molecular flexibility index (Phi) is 6.03. The van der Waals surface area contributed by atoms with E-state index in [1.807, 2.05) is 30.3 Å². The first-order valence-electron chi connectivity index (χ1n) is 8.68. The lowest BCUT2D eigenvalue weighted by Crippen LogP contribution is -2.29. The molecule has 1 amide bonds. The van der Waals surface area contributed by atoms with Crippen molar-refractivity contribution in [3.63, 3.8) is 0 Å². The van der Waals surface area contributed by atoms with Gasteiger partial charge in [0, 0.05) is 12.1 Å². The normalized spacial score (nSPS) is 11.4. The molecular formula is C19H18F3N5O. The molecule has 9 heteroatoms. The first-order valence-corrected chi connectivity index (χ1v) is 8.68. The highest BCUT2D eigenvalue weighted by molar-refractivity contribution is 5.75. The number of nitrogens with zero attached hydrogens (tertiary/aromatic N) is 4. The summed E-state index contributed by atoms with van der Waals surface area (Å²) in [6, 6.07) is 14.6. The average molecular weight is 389 g/mol. The van der Waals surface area contributed by atoms with Gasteiger partial charge in [-0.1, -0.05) is 42.5 Å². The Morgan fingerprint density at radius 2 is 1.86 bits per heavy atom. The van der Waals surface area contributed by atoms with Gasteiger partial charge in [-0.25, -0.2) is 0 Å². The van der Waals surface area contributed by atoms with Crippen LogP contribution in [0.3, 0.4) is 0 Å². The highest BCUT2D eigenvalue weighted by Gasteiger charge is 2.30. The fourth-order valence-electron chi connectivity index (χ4n) is 2.61. The van der Waals surface area contributed by atoms with E-state index in [1.165, 1.54) is 17.7 Å². The number of benzene rings is 2. The third-order valence-electron chi connectivity index (χ3n) is 3.99. The van der Waals surface area contributed by atoms with Gasteiger partial charge < -0.3 is 5.32 Å². The Bertz CT molecular complexity index is 925. The summed E-state index contributed by atoms with van der Waals surface area (Å²) in [5.74, 6) is -0.260. The van der Waals surface area contributed by atoms with Gasteiger partial charge >= 0.3 is 6.18 Å². The summed E-state index contributed by atoms with van der Waals surface area (Å²) in [7, 11) is 0. The Hall–Kier alpha value is -3.23. The van der Waals surface area contributed by atoms with Crippen molar-refractivity contribution in [2.24, 2.45) is 0 Å². The molecule has 0 saturated carbocycles. The van der Waals surface area contributed by atoms with Crippen LogP contribution >= 0.6 is 0 Å². The number of amides is 1. The minimum absolute atomic E-state index is 0.0305. The number of hydrogen-bond acceptors (Lipinski definition) is 4. The van der Waals surface area contributed by atoms with E-state index in [2.05, 4.69) is 20.7 Å². The zero-order valence-electron chi connectivity index (χ0n) is 14.9. The highest BCUT2D eigenvalue weighted by Crippen LogP contribution is 2.31. The van der Waals surface area contributed by atoms with Crippen LogP contribution in [0.1, 0.15) is 17.5 Å². The summed E-state index contributed by atoms with van der Waals surface area (Å²) in [6.45, 7) is 0.347. The van der Waals surface area contributed by atoms with Gasteiger partial charge in [-0.15, -0.1) is 10.2 Å². The SMILES string of the molecule is O=C(Cn1nnc(-c2cccc(C(F)(F)F)c2)n1)NCCCc1ccccc1. The van der Waals surface area contributed by atoms with Gasteiger partial charge in [0.2, 0.25) is 11.7 Å². The lowest BCUT2D eigenvalue weighted by atomic mass is 10.1. The second-order valence-electron chi connectivity index (χ2n) is 6.16. The van der Waals surface area contributed by atoms with E-state index < -0.39 is 11.7 Å². The topological polar surface area (TPSA) is 72.7 Å². The predicted molar refractivity (Wildman–Crippen MR) is 96.0 cm³/mol. The van der Waals surface area contributed by atoms with E-state index in [9.17, 15) is 18.0 Å². The van der Waals surface area contributed by atoms with Crippen LogP contribution in [0.2, 0.25) is 0 Å². The van der Waals surface area contributed by atoms with Crippen molar-refractivity contribution < 1.29 is 18.0 Å². The van der Waals surface area contributed by atoms with E-state index in [0.29, 0.717) is 6.54 Å². The number of alkyl halides is 3. The van der Waals surface area contributed by atoms with Crippen molar-refractivity contribution in [2.45, 2.75) is 25.6 Å². The molecule has 1 N–H and O–H groups in total. The minimum Gasteiger partial charge on any atom is -0.354 e. The molecule has 0 bridgehead atoms. The van der Waals surface area contributed by atoms with Crippen LogP contribution in [0, 0.1) is 0 Å². The number of nitrogens with one attached hydrogen (secondary N) is 1. The Morgan fingerprint density at radius 3 is 2.61 bits per heavy atom. The summed E-state index contributed by atoms with van der Waals surface area (Å²) in [6.07, 6.45) is -2.82. The van der Waals surface area contributed by atoms with Gasteiger partial charge in [-0.3, -0.25) is 4.79 Å². The van der Waals surface area contributed by atoms with Crippen LogP contribution in [0.4, 0.5) is 13.2 Å². The van der Waals surface area contributed by atoms with Crippen molar-refractivity contribution in [2.75, 3.05) is 6.54 Å². The number of rotatable bonds is 7. The summed E-state index contributed by atoms with van der Waals surface area (Å²) in [4.78, 5) is 13.0. The molecule has 1 heterocycles. The van der Waals surface area contributed by atoms with Gasteiger partial charge in [0.1, 0.15) is 6.54 Å². The van der Waals surface area contributed by atoms with Crippen molar-refractivity contribution in [1.29, 1.82) is 0 Å². The molecule has 0 unspecified atom stereocenters. The summed E-state index contributed by atoms with van der Waals surface area (Å²) < 4.78 is 38.4. The fraction of sp³-hybridized carbons (Fsp3) is 0.263. The van der Waals surface area contributed by atoms with Gasteiger partial charge in [0.25, 0.3) is 0 Å². The quantitative estimate of drug-likeness (QED) is 0.631. The number of halogens is 3. The van der Waals surface area contributed by atoms with Crippen LogP contribution in [0.25, 0.3) is 11.4 Å². The zero-order valence-corrected chi connectivity index (χ0v) is 14.9. The first-order chi connectivity index (χ1) is 13.4. The fourth-order valence-corrected chi connectivity index (χ4v) is 2.61. The summed E-state index contributed by atoms with van der Waals surface area (Å²) in [5.41, 5.74) is 0.585. The van der Waals surface area contributed by atoms with Gasteiger partial charge in [-0.05, 0) is 35.8 Å². The average Bonchev–Trinajstić information content (AvgIpc) is 3.14. The summed E-state index contributed by atoms with van der Waals surface area (Å²) in [5, 5.41) is 14.2. The lowest BCUT2D eigenvalue weighted by Gasteiger charge is -2.06. The molecule has 0 aliphatic heterocycles. The molecule has 0 atom stereocenters. The van der Waals surface area contributed by atoms with E-state index in [1.54, 1.807) is 0 Å². The maximum absolute atomic E-state index is 12.8. The minimum atomic E-state index is -4.45. The number of aryl methyl sites for hydroxylation is 1. The first kappa shape index (κ1) is 19.5. The third kappa shape index (κ3) is 5.38. The number of tetrazole rings is 1. The Balaban J connectivity index is 1.51. The van der Waals surface area contributed by atoms with Gasteiger partial charge in [0.05, 0.1) is 5.56 Å². The van der Waals surface area contributed by atoms with E-state index in [4.69, 9.17) is 0 Å². The molecule has 6 nitrogen and oxygen atoms in total. The number of carbonyl (C=O) groups excluding carboxylic acids is 1. The van der Waals surface area contributed by atoms with Crippen LogP contribution < -0.4 is 5.32 Å². The molecule has 0 saturated heterocycles. The number of carbonyl (C=O) groups is 1. The monoisotopic (exact) mass is 389 g/mol.